The van der Waals surface area contributed by atoms with E-state index in [1.165, 1.54) is 21.3 Å². The minimum atomic E-state index is -0.390. The van der Waals surface area contributed by atoms with Crippen LogP contribution in [-0.4, -0.2) is 33.1 Å². The van der Waals surface area contributed by atoms with Crippen LogP contribution in [0.4, 0.5) is 0 Å². The number of hydrogen-bond donors (Lipinski definition) is 2. The number of carbonyl (C=O) groups excluding carboxylic acids is 2. The highest BCUT2D eigenvalue weighted by Gasteiger charge is 2.15. The average molecular weight is 344 g/mol. The van der Waals surface area contributed by atoms with E-state index in [0.717, 1.165) is 0 Å². The lowest BCUT2D eigenvalue weighted by Crippen LogP contribution is -2.42. The fraction of sp³-hybridized carbons (Fsp3) is 0.222. The first-order chi connectivity index (χ1) is 12.1. The summed E-state index contributed by atoms with van der Waals surface area (Å²) in [6.07, 6.45) is 0.0335. The van der Waals surface area contributed by atoms with Crippen molar-refractivity contribution in [3.63, 3.8) is 0 Å². The molecule has 0 saturated carbocycles. The van der Waals surface area contributed by atoms with E-state index in [2.05, 4.69) is 10.9 Å². The highest BCUT2D eigenvalue weighted by atomic mass is 16.5. The Bertz CT molecular complexity index is 721. The zero-order chi connectivity index (χ0) is 18.2. The molecule has 2 aromatic carbocycles. The van der Waals surface area contributed by atoms with Crippen molar-refractivity contribution in [1.82, 2.24) is 10.9 Å². The van der Waals surface area contributed by atoms with Gasteiger partial charge < -0.3 is 14.2 Å². The Kier molecular flexibility index (Phi) is 6.22. The van der Waals surface area contributed by atoms with Crippen molar-refractivity contribution < 1.29 is 23.8 Å². The standard InChI is InChI=1S/C18H20N2O5/c1-23-14-9-12(10-15(24-2)17(14)25-3)11-16(21)19-20-18(22)13-7-5-4-6-8-13/h4-10H,11H2,1-3H3,(H,19,21)(H,20,22). The number of amides is 2. The van der Waals surface area contributed by atoms with Gasteiger partial charge in [0.25, 0.3) is 5.91 Å². The second-order valence-corrected chi connectivity index (χ2v) is 5.08. The molecule has 0 aliphatic heterocycles. The number of hydrazine groups is 1. The van der Waals surface area contributed by atoms with Gasteiger partial charge in [-0.2, -0.15) is 0 Å². The average Bonchev–Trinajstić information content (AvgIpc) is 2.65. The molecule has 2 N–H and O–H groups in total. The van der Waals surface area contributed by atoms with Crippen molar-refractivity contribution in [2.24, 2.45) is 0 Å². The molecule has 2 rings (SSSR count). The molecule has 0 bridgehead atoms. The summed E-state index contributed by atoms with van der Waals surface area (Å²) in [4.78, 5) is 24.0. The number of carbonyl (C=O) groups is 2. The molecule has 7 nitrogen and oxygen atoms in total. The van der Waals surface area contributed by atoms with Gasteiger partial charge >= 0.3 is 0 Å². The van der Waals surface area contributed by atoms with E-state index < -0.39 is 0 Å². The maximum absolute atomic E-state index is 12.1. The van der Waals surface area contributed by atoms with Crippen LogP contribution < -0.4 is 25.1 Å². The Morgan fingerprint density at radius 2 is 1.48 bits per heavy atom. The zero-order valence-corrected chi connectivity index (χ0v) is 14.3. The van der Waals surface area contributed by atoms with E-state index in [4.69, 9.17) is 14.2 Å². The van der Waals surface area contributed by atoms with Crippen molar-refractivity contribution in [2.45, 2.75) is 6.42 Å². The van der Waals surface area contributed by atoms with Crippen LogP contribution in [0.15, 0.2) is 42.5 Å². The summed E-state index contributed by atoms with van der Waals surface area (Å²) >= 11 is 0. The van der Waals surface area contributed by atoms with E-state index in [0.29, 0.717) is 28.4 Å². The number of ether oxygens (including phenoxy) is 3. The predicted octanol–water partition coefficient (Wildman–Crippen LogP) is 1.72. The maximum Gasteiger partial charge on any atom is 0.269 e. The van der Waals surface area contributed by atoms with Crippen molar-refractivity contribution in [3.05, 3.63) is 53.6 Å². The summed E-state index contributed by atoms with van der Waals surface area (Å²) in [6.45, 7) is 0. The molecule has 0 unspecified atom stereocenters. The molecule has 7 heteroatoms. The lowest BCUT2D eigenvalue weighted by atomic mass is 10.1. The highest BCUT2D eigenvalue weighted by molar-refractivity contribution is 5.95. The second-order valence-electron chi connectivity index (χ2n) is 5.08. The first-order valence-corrected chi connectivity index (χ1v) is 7.52. The molecule has 0 aliphatic carbocycles. The summed E-state index contributed by atoms with van der Waals surface area (Å²) in [6, 6.07) is 12.0. The zero-order valence-electron chi connectivity index (χ0n) is 14.3. The predicted molar refractivity (Wildman–Crippen MR) is 91.9 cm³/mol. The molecule has 0 saturated heterocycles. The van der Waals surface area contributed by atoms with Crippen LogP contribution in [0.5, 0.6) is 17.2 Å². The number of rotatable bonds is 6. The monoisotopic (exact) mass is 344 g/mol. The van der Waals surface area contributed by atoms with Gasteiger partial charge in [-0.05, 0) is 29.8 Å². The van der Waals surface area contributed by atoms with Gasteiger partial charge in [0.1, 0.15) is 0 Å². The molecular weight excluding hydrogens is 324 g/mol. The lowest BCUT2D eigenvalue weighted by Gasteiger charge is -2.14. The Hall–Kier alpha value is -3.22. The number of methoxy groups -OCH3 is 3. The summed E-state index contributed by atoms with van der Waals surface area (Å²) in [5.74, 6) is 0.597. The Balaban J connectivity index is 2.02. The summed E-state index contributed by atoms with van der Waals surface area (Å²) in [5, 5.41) is 0. The van der Waals surface area contributed by atoms with Crippen molar-refractivity contribution >= 4 is 11.8 Å². The van der Waals surface area contributed by atoms with Crippen molar-refractivity contribution in [3.8, 4) is 17.2 Å². The largest absolute Gasteiger partial charge is 0.493 e. The van der Waals surface area contributed by atoms with Gasteiger partial charge in [-0.25, -0.2) is 0 Å². The van der Waals surface area contributed by atoms with Crippen molar-refractivity contribution in [1.29, 1.82) is 0 Å². The molecule has 0 atom stereocenters. The van der Waals surface area contributed by atoms with Gasteiger partial charge in [-0.1, -0.05) is 18.2 Å². The Morgan fingerprint density at radius 3 is 2.00 bits per heavy atom. The van der Waals surface area contributed by atoms with Crippen LogP contribution in [0.25, 0.3) is 0 Å². The quantitative estimate of drug-likeness (QED) is 0.779. The van der Waals surface area contributed by atoms with E-state index in [1.54, 1.807) is 42.5 Å². The van der Waals surface area contributed by atoms with Gasteiger partial charge in [0, 0.05) is 5.56 Å². The fourth-order valence-electron chi connectivity index (χ4n) is 2.26. The van der Waals surface area contributed by atoms with Crippen LogP contribution >= 0.6 is 0 Å². The molecule has 0 aromatic heterocycles. The third kappa shape index (κ3) is 4.63. The van der Waals surface area contributed by atoms with Crippen LogP contribution in [0.2, 0.25) is 0 Å². The lowest BCUT2D eigenvalue weighted by molar-refractivity contribution is -0.121. The minimum Gasteiger partial charge on any atom is -0.493 e. The molecule has 0 aliphatic rings. The van der Waals surface area contributed by atoms with E-state index in [-0.39, 0.29) is 18.2 Å². The molecule has 0 heterocycles. The Morgan fingerprint density at radius 1 is 0.880 bits per heavy atom. The molecule has 25 heavy (non-hydrogen) atoms. The van der Waals surface area contributed by atoms with Crippen LogP contribution in [0.1, 0.15) is 15.9 Å². The molecule has 2 amide bonds. The maximum atomic E-state index is 12.1. The number of nitrogens with one attached hydrogen (secondary N) is 2. The molecule has 0 fully saturated rings. The molecule has 2 aromatic rings. The van der Waals surface area contributed by atoms with E-state index >= 15 is 0 Å². The SMILES string of the molecule is COc1cc(CC(=O)NNC(=O)c2ccccc2)cc(OC)c1OC. The minimum absolute atomic E-state index is 0.0335. The summed E-state index contributed by atoms with van der Waals surface area (Å²) < 4.78 is 15.7. The van der Waals surface area contributed by atoms with Gasteiger partial charge in [-0.3, -0.25) is 20.4 Å². The van der Waals surface area contributed by atoms with E-state index in [1.807, 2.05) is 0 Å². The topological polar surface area (TPSA) is 85.9 Å². The molecule has 132 valence electrons. The first kappa shape index (κ1) is 18.1. The first-order valence-electron chi connectivity index (χ1n) is 7.52. The van der Waals surface area contributed by atoms with Gasteiger partial charge in [-0.15, -0.1) is 0 Å². The van der Waals surface area contributed by atoms with Gasteiger partial charge in [0.05, 0.1) is 27.8 Å². The third-order valence-corrected chi connectivity index (χ3v) is 3.44. The third-order valence-electron chi connectivity index (χ3n) is 3.44. The van der Waals surface area contributed by atoms with E-state index in [9.17, 15) is 9.59 Å². The number of hydrogen-bond acceptors (Lipinski definition) is 5. The van der Waals surface area contributed by atoms with Gasteiger partial charge in [0.2, 0.25) is 11.7 Å². The molecule has 0 spiro atoms. The molecule has 0 radical (unpaired) electrons. The van der Waals surface area contributed by atoms with Gasteiger partial charge in [0.15, 0.2) is 11.5 Å². The summed E-state index contributed by atoms with van der Waals surface area (Å²) in [5.41, 5.74) is 5.86. The summed E-state index contributed by atoms with van der Waals surface area (Å²) in [7, 11) is 4.51. The van der Waals surface area contributed by atoms with Crippen LogP contribution in [-0.2, 0) is 11.2 Å². The Labute approximate surface area is 145 Å². The highest BCUT2D eigenvalue weighted by Crippen LogP contribution is 2.38. The second kappa shape index (κ2) is 8.58. The molecular formula is C18H20N2O5. The number of benzene rings is 2. The van der Waals surface area contributed by atoms with Crippen molar-refractivity contribution in [2.75, 3.05) is 21.3 Å². The normalized spacial score (nSPS) is 9.88. The van der Waals surface area contributed by atoms with Crippen LogP contribution in [0, 0.1) is 0 Å². The van der Waals surface area contributed by atoms with Crippen LogP contribution in [0.3, 0.4) is 0 Å². The smallest absolute Gasteiger partial charge is 0.269 e. The fourth-order valence-corrected chi connectivity index (χ4v) is 2.26.